The van der Waals surface area contributed by atoms with Crippen LogP contribution in [0.2, 0.25) is 0 Å². The molecule has 1 N–H and O–H groups in total. The molecule has 0 aliphatic rings. The number of nitrogens with zero attached hydrogens (tertiary/aromatic N) is 2. The fourth-order valence-corrected chi connectivity index (χ4v) is 1.64. The van der Waals surface area contributed by atoms with Crippen molar-refractivity contribution in [3.8, 4) is 0 Å². The Bertz CT molecular complexity index is 608. The van der Waals surface area contributed by atoms with E-state index in [1.807, 2.05) is 24.3 Å². The fourth-order valence-electron chi connectivity index (χ4n) is 1.64. The van der Waals surface area contributed by atoms with Crippen LogP contribution in [0, 0.1) is 0 Å². The number of carboxylic acid groups (broad SMARTS) is 1. The minimum Gasteiger partial charge on any atom is -0.472 e. The second-order valence-corrected chi connectivity index (χ2v) is 3.28. The molecular weight excluding hydrogens is 204 g/mol. The largest absolute Gasteiger partial charge is 0.472 e. The molecule has 0 aromatic heterocycles. The Balaban J connectivity index is 2.79. The number of rotatable bonds is 2. The van der Waals surface area contributed by atoms with Crippen molar-refractivity contribution in [3.63, 3.8) is 0 Å². The van der Waals surface area contributed by atoms with Gasteiger partial charge in [0.1, 0.15) is 0 Å². The highest BCUT2D eigenvalue weighted by Gasteiger charge is 2.23. The Morgan fingerprint density at radius 1 is 1.12 bits per heavy atom. The summed E-state index contributed by atoms with van der Waals surface area (Å²) in [5.74, 6) is -1.25. The fraction of sp³-hybridized carbons (Fsp3) is 0. The van der Waals surface area contributed by atoms with E-state index in [1.165, 1.54) is 0 Å². The monoisotopic (exact) mass is 212 g/mol. The highest BCUT2D eigenvalue weighted by molar-refractivity contribution is 6.42. The van der Waals surface area contributed by atoms with Gasteiger partial charge in [0.25, 0.3) is 0 Å². The maximum absolute atomic E-state index is 10.9. The lowest BCUT2D eigenvalue weighted by atomic mass is 10.0. The number of hydrogen-bond acceptors (Lipinski definition) is 1. The average molecular weight is 212 g/mol. The van der Waals surface area contributed by atoms with Gasteiger partial charge in [-0.2, -0.15) is 4.79 Å². The number of hydrogen-bond donors (Lipinski definition) is 1. The Hall–Kier alpha value is -2.45. The maximum Gasteiger partial charge on any atom is 0.419 e. The first kappa shape index (κ1) is 10.1. The molecule has 0 heterocycles. The molecule has 0 bridgehead atoms. The summed E-state index contributed by atoms with van der Waals surface area (Å²) in [6.07, 6.45) is 0. The molecule has 0 saturated heterocycles. The Morgan fingerprint density at radius 2 is 1.81 bits per heavy atom. The van der Waals surface area contributed by atoms with E-state index in [4.69, 9.17) is 10.6 Å². The number of carboxylic acids is 1. The normalized spacial score (nSPS) is 9.75. The van der Waals surface area contributed by atoms with Crippen molar-refractivity contribution >= 4 is 22.5 Å². The summed E-state index contributed by atoms with van der Waals surface area (Å²) in [4.78, 5) is 13.7. The van der Waals surface area contributed by atoms with E-state index in [1.54, 1.807) is 18.2 Å². The van der Waals surface area contributed by atoms with Gasteiger partial charge < -0.3 is 10.6 Å². The number of carbonyl (C=O) groups is 1. The van der Waals surface area contributed by atoms with Gasteiger partial charge in [-0.05, 0) is 16.8 Å². The predicted octanol–water partition coefficient (Wildman–Crippen LogP) is 1.94. The first-order chi connectivity index (χ1) is 7.74. The predicted molar refractivity (Wildman–Crippen MR) is 59.3 cm³/mol. The van der Waals surface area contributed by atoms with Crippen LogP contribution in [0.3, 0.4) is 0 Å². The van der Waals surface area contributed by atoms with Crippen LogP contribution in [-0.2, 0) is 4.79 Å². The van der Waals surface area contributed by atoms with E-state index in [-0.39, 0.29) is 5.71 Å². The number of benzene rings is 2. The molecule has 4 heteroatoms. The molecule has 2 rings (SSSR count). The van der Waals surface area contributed by atoms with Crippen molar-refractivity contribution in [1.82, 2.24) is 0 Å². The van der Waals surface area contributed by atoms with Crippen LogP contribution in [0.25, 0.3) is 16.3 Å². The summed E-state index contributed by atoms with van der Waals surface area (Å²) >= 11 is 0. The van der Waals surface area contributed by atoms with Gasteiger partial charge >= 0.3 is 11.7 Å². The molecule has 0 amide bonds. The number of fused-ring (bicyclic) bond motifs is 1. The third kappa shape index (κ3) is 1.58. The summed E-state index contributed by atoms with van der Waals surface area (Å²) in [6.45, 7) is 0. The molecule has 2 aromatic rings. The van der Waals surface area contributed by atoms with E-state index < -0.39 is 5.97 Å². The van der Waals surface area contributed by atoms with E-state index in [9.17, 15) is 4.79 Å². The lowest BCUT2D eigenvalue weighted by Crippen LogP contribution is -2.15. The summed E-state index contributed by atoms with van der Waals surface area (Å²) < 4.78 is 0. The van der Waals surface area contributed by atoms with Crippen molar-refractivity contribution in [2.45, 2.75) is 0 Å². The standard InChI is InChI=1S/C12H8N2O2/c13-14-11(12(15)16)10-7-3-5-8-4-1-2-6-9(8)10/h1-7H,(H,15,16). The zero-order valence-corrected chi connectivity index (χ0v) is 8.29. The summed E-state index contributed by atoms with van der Waals surface area (Å²) in [6, 6.07) is 12.5. The Kier molecular flexibility index (Phi) is 2.50. The second kappa shape index (κ2) is 3.96. The molecular formula is C12H8N2O2. The van der Waals surface area contributed by atoms with Gasteiger partial charge in [0.2, 0.25) is 0 Å². The van der Waals surface area contributed by atoms with Gasteiger partial charge in [-0.15, -0.1) is 0 Å². The van der Waals surface area contributed by atoms with Gasteiger partial charge in [-0.3, -0.25) is 0 Å². The van der Waals surface area contributed by atoms with E-state index in [0.717, 1.165) is 10.8 Å². The van der Waals surface area contributed by atoms with Crippen LogP contribution in [0.15, 0.2) is 42.5 Å². The molecule has 0 atom stereocenters. The first-order valence-electron chi connectivity index (χ1n) is 4.67. The van der Waals surface area contributed by atoms with Crippen molar-refractivity contribution < 1.29 is 14.7 Å². The SMILES string of the molecule is [N-]=[N+]=C(C(=O)O)c1cccc2ccccc12. The zero-order chi connectivity index (χ0) is 11.5. The first-order valence-corrected chi connectivity index (χ1v) is 4.67. The molecule has 0 spiro atoms. The molecule has 0 aliphatic carbocycles. The molecule has 0 aliphatic heterocycles. The molecule has 2 aromatic carbocycles. The van der Waals surface area contributed by atoms with Gasteiger partial charge in [-0.1, -0.05) is 36.4 Å². The van der Waals surface area contributed by atoms with E-state index in [2.05, 4.69) is 4.79 Å². The van der Waals surface area contributed by atoms with Crippen LogP contribution >= 0.6 is 0 Å². The van der Waals surface area contributed by atoms with Crippen LogP contribution in [0.1, 0.15) is 5.56 Å². The lowest BCUT2D eigenvalue weighted by Gasteiger charge is -2.00. The summed E-state index contributed by atoms with van der Waals surface area (Å²) in [5.41, 5.74) is 8.78. The number of aliphatic carboxylic acids is 1. The Labute approximate surface area is 91.4 Å². The molecule has 16 heavy (non-hydrogen) atoms. The van der Waals surface area contributed by atoms with E-state index >= 15 is 0 Å². The lowest BCUT2D eigenvalue weighted by molar-refractivity contribution is -0.133. The molecule has 0 unspecified atom stereocenters. The topological polar surface area (TPSA) is 73.7 Å². The van der Waals surface area contributed by atoms with Crippen LogP contribution in [0.5, 0.6) is 0 Å². The van der Waals surface area contributed by atoms with Crippen LogP contribution in [-0.4, -0.2) is 21.6 Å². The van der Waals surface area contributed by atoms with Crippen molar-refractivity contribution in [3.05, 3.63) is 53.6 Å². The maximum atomic E-state index is 10.9. The van der Waals surface area contributed by atoms with Crippen LogP contribution < -0.4 is 0 Å². The highest BCUT2D eigenvalue weighted by Crippen LogP contribution is 2.18. The minimum atomic E-state index is -1.25. The van der Waals surface area contributed by atoms with Gasteiger partial charge in [0.15, 0.2) is 0 Å². The second-order valence-electron chi connectivity index (χ2n) is 3.28. The summed E-state index contributed by atoms with van der Waals surface area (Å²) in [5, 5.41) is 10.6. The Morgan fingerprint density at radius 3 is 2.50 bits per heavy atom. The average Bonchev–Trinajstić information content (AvgIpc) is 2.30. The van der Waals surface area contributed by atoms with Crippen molar-refractivity contribution in [2.75, 3.05) is 0 Å². The van der Waals surface area contributed by atoms with Crippen molar-refractivity contribution in [1.29, 1.82) is 0 Å². The third-order valence-corrected chi connectivity index (χ3v) is 2.35. The quantitative estimate of drug-likeness (QED) is 0.469. The molecule has 4 nitrogen and oxygen atoms in total. The smallest absolute Gasteiger partial charge is 0.419 e. The van der Waals surface area contributed by atoms with Crippen LogP contribution in [0.4, 0.5) is 0 Å². The van der Waals surface area contributed by atoms with Gasteiger partial charge in [0.05, 0.1) is 5.56 Å². The summed E-state index contributed by atoms with van der Waals surface area (Å²) in [7, 11) is 0. The van der Waals surface area contributed by atoms with E-state index in [0.29, 0.717) is 5.56 Å². The highest BCUT2D eigenvalue weighted by atomic mass is 16.4. The van der Waals surface area contributed by atoms with Gasteiger partial charge in [0, 0.05) is 0 Å². The molecule has 0 radical (unpaired) electrons. The molecule has 0 saturated carbocycles. The third-order valence-electron chi connectivity index (χ3n) is 2.35. The molecule has 0 fully saturated rings. The molecule has 78 valence electrons. The van der Waals surface area contributed by atoms with Crippen molar-refractivity contribution in [2.24, 2.45) is 0 Å². The minimum absolute atomic E-state index is 0.350. The van der Waals surface area contributed by atoms with Gasteiger partial charge in [-0.25, -0.2) is 4.79 Å². The zero-order valence-electron chi connectivity index (χ0n) is 8.29.